The first-order valence-corrected chi connectivity index (χ1v) is 9.67. The van der Waals surface area contributed by atoms with Crippen molar-refractivity contribution in [1.29, 1.82) is 0 Å². The number of ether oxygens (including phenoxy) is 1. The SMILES string of the molecule is Cc1cc(Cl)ccc1OCCCC(=O)Nc1nc(-c2ccc(F)cc2)cs1. The maximum Gasteiger partial charge on any atom is 0.226 e. The van der Waals surface area contributed by atoms with Gasteiger partial charge in [0.1, 0.15) is 11.6 Å². The summed E-state index contributed by atoms with van der Waals surface area (Å²) < 4.78 is 18.7. The van der Waals surface area contributed by atoms with Crippen molar-refractivity contribution in [2.45, 2.75) is 19.8 Å². The fraction of sp³-hybridized carbons (Fsp3) is 0.200. The summed E-state index contributed by atoms with van der Waals surface area (Å²) in [5, 5.41) is 5.80. The predicted molar refractivity (Wildman–Crippen MR) is 107 cm³/mol. The molecule has 1 N–H and O–H groups in total. The number of hydrogen-bond acceptors (Lipinski definition) is 4. The largest absolute Gasteiger partial charge is 0.493 e. The third-order valence-electron chi connectivity index (χ3n) is 3.83. The van der Waals surface area contributed by atoms with Crippen molar-refractivity contribution in [3.8, 4) is 17.0 Å². The van der Waals surface area contributed by atoms with Gasteiger partial charge in [-0.1, -0.05) is 11.6 Å². The highest BCUT2D eigenvalue weighted by molar-refractivity contribution is 7.14. The van der Waals surface area contributed by atoms with E-state index in [1.165, 1.54) is 23.5 Å². The Hall–Kier alpha value is -2.44. The van der Waals surface area contributed by atoms with Gasteiger partial charge in [-0.15, -0.1) is 11.3 Å². The van der Waals surface area contributed by atoms with E-state index in [2.05, 4.69) is 10.3 Å². The average molecular weight is 405 g/mol. The van der Waals surface area contributed by atoms with Crippen LogP contribution in [0.3, 0.4) is 0 Å². The molecule has 0 aliphatic carbocycles. The van der Waals surface area contributed by atoms with E-state index in [1.807, 2.05) is 24.4 Å². The van der Waals surface area contributed by atoms with Crippen LogP contribution in [0.4, 0.5) is 9.52 Å². The number of nitrogens with zero attached hydrogens (tertiary/aromatic N) is 1. The number of nitrogens with one attached hydrogen (secondary N) is 1. The fourth-order valence-electron chi connectivity index (χ4n) is 2.46. The lowest BCUT2D eigenvalue weighted by molar-refractivity contribution is -0.116. The second-order valence-corrected chi connectivity index (χ2v) is 7.25. The molecule has 0 radical (unpaired) electrons. The molecule has 0 spiro atoms. The summed E-state index contributed by atoms with van der Waals surface area (Å²) in [6.45, 7) is 2.36. The normalized spacial score (nSPS) is 10.6. The molecule has 0 saturated carbocycles. The number of benzene rings is 2. The van der Waals surface area contributed by atoms with E-state index in [0.717, 1.165) is 16.9 Å². The predicted octanol–water partition coefficient (Wildman–Crippen LogP) is 5.71. The van der Waals surface area contributed by atoms with Crippen LogP contribution in [0.2, 0.25) is 5.02 Å². The third-order valence-corrected chi connectivity index (χ3v) is 4.83. The highest BCUT2D eigenvalue weighted by Crippen LogP contribution is 2.25. The number of anilines is 1. The highest BCUT2D eigenvalue weighted by Gasteiger charge is 2.09. The number of rotatable bonds is 7. The van der Waals surface area contributed by atoms with Gasteiger partial charge in [0.2, 0.25) is 5.91 Å². The van der Waals surface area contributed by atoms with Gasteiger partial charge in [-0.25, -0.2) is 9.37 Å². The van der Waals surface area contributed by atoms with Gasteiger partial charge in [0.05, 0.1) is 12.3 Å². The van der Waals surface area contributed by atoms with Crippen LogP contribution in [0.25, 0.3) is 11.3 Å². The monoisotopic (exact) mass is 404 g/mol. The average Bonchev–Trinajstić information content (AvgIpc) is 3.09. The standard InChI is InChI=1S/C20H18ClFN2O2S/c1-13-11-15(21)6-9-18(13)26-10-2-3-19(25)24-20-23-17(12-27-20)14-4-7-16(22)8-5-14/h4-9,11-12H,2-3,10H2,1H3,(H,23,24,25). The zero-order valence-electron chi connectivity index (χ0n) is 14.7. The van der Waals surface area contributed by atoms with E-state index >= 15 is 0 Å². The highest BCUT2D eigenvalue weighted by atomic mass is 35.5. The number of hydrogen-bond donors (Lipinski definition) is 1. The summed E-state index contributed by atoms with van der Waals surface area (Å²) >= 11 is 7.25. The van der Waals surface area contributed by atoms with Crippen LogP contribution in [0.1, 0.15) is 18.4 Å². The Kier molecular flexibility index (Phi) is 6.42. The Morgan fingerprint density at radius 2 is 2.04 bits per heavy atom. The molecule has 2 aromatic carbocycles. The smallest absolute Gasteiger partial charge is 0.226 e. The topological polar surface area (TPSA) is 51.2 Å². The summed E-state index contributed by atoms with van der Waals surface area (Å²) in [5.74, 6) is 0.355. The number of halogens is 2. The molecule has 0 aliphatic heterocycles. The van der Waals surface area contributed by atoms with Crippen molar-refractivity contribution < 1.29 is 13.9 Å². The first kappa shape index (κ1) is 19.3. The molecule has 3 rings (SSSR count). The Labute approximate surface area is 166 Å². The zero-order chi connectivity index (χ0) is 19.2. The number of carbonyl (C=O) groups is 1. The molecule has 140 valence electrons. The van der Waals surface area contributed by atoms with Gasteiger partial charge in [0.15, 0.2) is 5.13 Å². The second-order valence-electron chi connectivity index (χ2n) is 5.95. The quantitative estimate of drug-likeness (QED) is 0.513. The van der Waals surface area contributed by atoms with Crippen molar-refractivity contribution in [2.24, 2.45) is 0 Å². The van der Waals surface area contributed by atoms with E-state index in [9.17, 15) is 9.18 Å². The van der Waals surface area contributed by atoms with Crippen molar-refractivity contribution in [2.75, 3.05) is 11.9 Å². The van der Waals surface area contributed by atoms with Gasteiger partial charge in [0.25, 0.3) is 0 Å². The molecule has 1 heterocycles. The van der Waals surface area contributed by atoms with E-state index < -0.39 is 0 Å². The van der Waals surface area contributed by atoms with Gasteiger partial charge < -0.3 is 10.1 Å². The van der Waals surface area contributed by atoms with Crippen molar-refractivity contribution in [3.63, 3.8) is 0 Å². The molecule has 27 heavy (non-hydrogen) atoms. The van der Waals surface area contributed by atoms with E-state index in [4.69, 9.17) is 16.3 Å². The van der Waals surface area contributed by atoms with Crippen molar-refractivity contribution in [1.82, 2.24) is 4.98 Å². The number of aromatic nitrogens is 1. The molecule has 7 heteroatoms. The lowest BCUT2D eigenvalue weighted by atomic mass is 10.2. The maximum atomic E-state index is 13.0. The van der Waals surface area contributed by atoms with Crippen molar-refractivity contribution in [3.05, 3.63) is 64.2 Å². The Morgan fingerprint density at radius 3 is 2.78 bits per heavy atom. The van der Waals surface area contributed by atoms with Gasteiger partial charge in [-0.2, -0.15) is 0 Å². The van der Waals surface area contributed by atoms with Crippen LogP contribution in [0.5, 0.6) is 5.75 Å². The van der Waals surface area contributed by atoms with E-state index in [1.54, 1.807) is 18.2 Å². The second kappa shape index (κ2) is 8.97. The number of carbonyl (C=O) groups excluding carboxylic acids is 1. The Balaban J connectivity index is 1.45. The minimum Gasteiger partial charge on any atom is -0.493 e. The molecule has 0 saturated heterocycles. The van der Waals surface area contributed by atoms with Gasteiger partial charge in [-0.05, 0) is 61.4 Å². The summed E-state index contributed by atoms with van der Waals surface area (Å²) in [7, 11) is 0. The van der Waals surface area contributed by atoms with Crippen molar-refractivity contribution >= 4 is 34.0 Å². The molecule has 0 fully saturated rings. The number of amides is 1. The van der Waals surface area contributed by atoms with E-state index in [-0.39, 0.29) is 11.7 Å². The van der Waals surface area contributed by atoms with Crippen LogP contribution < -0.4 is 10.1 Å². The van der Waals surface area contributed by atoms with Gasteiger partial charge in [0, 0.05) is 22.4 Å². The lowest BCUT2D eigenvalue weighted by Crippen LogP contribution is -2.12. The molecule has 0 bridgehead atoms. The summed E-state index contributed by atoms with van der Waals surface area (Å²) in [6.07, 6.45) is 0.919. The van der Waals surface area contributed by atoms with E-state index in [0.29, 0.717) is 35.3 Å². The summed E-state index contributed by atoms with van der Waals surface area (Å²) in [6, 6.07) is 11.5. The first-order valence-electron chi connectivity index (χ1n) is 8.41. The lowest BCUT2D eigenvalue weighted by Gasteiger charge is -2.09. The number of aryl methyl sites for hydroxylation is 1. The molecular formula is C20H18ClFN2O2S. The van der Waals surface area contributed by atoms with Crippen LogP contribution in [-0.4, -0.2) is 17.5 Å². The summed E-state index contributed by atoms with van der Waals surface area (Å²) in [4.78, 5) is 16.4. The van der Waals surface area contributed by atoms with Crippen LogP contribution in [0, 0.1) is 12.7 Å². The third kappa shape index (κ3) is 5.52. The minimum absolute atomic E-state index is 0.119. The molecular weight excluding hydrogens is 387 g/mol. The Bertz CT molecular complexity index is 928. The molecule has 0 aliphatic rings. The Morgan fingerprint density at radius 1 is 1.26 bits per heavy atom. The zero-order valence-corrected chi connectivity index (χ0v) is 16.2. The molecule has 1 aromatic heterocycles. The maximum absolute atomic E-state index is 13.0. The summed E-state index contributed by atoms with van der Waals surface area (Å²) in [5.41, 5.74) is 2.47. The van der Waals surface area contributed by atoms with Crippen LogP contribution in [-0.2, 0) is 4.79 Å². The minimum atomic E-state index is -0.293. The molecule has 3 aromatic rings. The fourth-order valence-corrected chi connectivity index (χ4v) is 3.42. The van der Waals surface area contributed by atoms with Crippen LogP contribution in [0.15, 0.2) is 47.8 Å². The first-order chi connectivity index (χ1) is 13.0. The molecule has 0 atom stereocenters. The van der Waals surface area contributed by atoms with Crippen LogP contribution >= 0.6 is 22.9 Å². The molecule has 0 unspecified atom stereocenters. The van der Waals surface area contributed by atoms with Gasteiger partial charge >= 0.3 is 0 Å². The van der Waals surface area contributed by atoms with Gasteiger partial charge in [-0.3, -0.25) is 4.79 Å². The molecule has 1 amide bonds. The number of thiazole rings is 1. The molecule has 4 nitrogen and oxygen atoms in total.